The number of benzene rings is 1. The molecule has 0 fully saturated rings. The smallest absolute Gasteiger partial charge is 0.0995 e. The molecule has 2 rings (SSSR count). The minimum absolute atomic E-state index is 0.643. The highest BCUT2D eigenvalue weighted by molar-refractivity contribution is 5.42. The third-order valence-corrected chi connectivity index (χ3v) is 2.67. The van der Waals surface area contributed by atoms with Gasteiger partial charge in [-0.25, -0.2) is 4.98 Å². The van der Waals surface area contributed by atoms with Crippen LogP contribution in [0.3, 0.4) is 0 Å². The Bertz CT molecular complexity index is 486. The summed E-state index contributed by atoms with van der Waals surface area (Å²) in [6.45, 7) is 4.86. The predicted octanol–water partition coefficient (Wildman–Crippen LogP) is 1.99. The molecule has 16 heavy (non-hydrogen) atoms. The van der Waals surface area contributed by atoms with Crippen molar-refractivity contribution in [1.29, 1.82) is 0 Å². The molecule has 1 heterocycles. The van der Waals surface area contributed by atoms with Gasteiger partial charge < -0.3 is 10.3 Å². The molecule has 84 valence electrons. The molecule has 0 atom stereocenters. The number of nitrogens with two attached hydrogens (primary N) is 1. The molecule has 0 aliphatic heterocycles. The summed E-state index contributed by atoms with van der Waals surface area (Å²) >= 11 is 0. The van der Waals surface area contributed by atoms with Gasteiger partial charge in [0, 0.05) is 18.3 Å². The van der Waals surface area contributed by atoms with Crippen molar-refractivity contribution >= 4 is 0 Å². The topological polar surface area (TPSA) is 43.8 Å². The number of hydrogen-bond acceptors (Lipinski definition) is 2. The van der Waals surface area contributed by atoms with Crippen molar-refractivity contribution in [2.24, 2.45) is 5.73 Å². The van der Waals surface area contributed by atoms with Gasteiger partial charge in [-0.2, -0.15) is 0 Å². The summed E-state index contributed by atoms with van der Waals surface area (Å²) in [4.78, 5) is 4.33. The van der Waals surface area contributed by atoms with E-state index < -0.39 is 0 Å². The Kier molecular flexibility index (Phi) is 3.06. The first-order valence-electron chi connectivity index (χ1n) is 5.51. The van der Waals surface area contributed by atoms with E-state index in [1.165, 1.54) is 16.8 Å². The maximum atomic E-state index is 5.51. The van der Waals surface area contributed by atoms with Crippen LogP contribution in [0, 0.1) is 13.8 Å². The van der Waals surface area contributed by atoms with Gasteiger partial charge in [-0.1, -0.05) is 17.7 Å². The van der Waals surface area contributed by atoms with Crippen LogP contribution in [0.15, 0.2) is 30.7 Å². The van der Waals surface area contributed by atoms with Gasteiger partial charge >= 0.3 is 0 Å². The second-order valence-electron chi connectivity index (χ2n) is 4.10. The summed E-state index contributed by atoms with van der Waals surface area (Å²) in [5.41, 5.74) is 10.3. The number of imidazole rings is 1. The highest BCUT2D eigenvalue weighted by Gasteiger charge is 2.03. The lowest BCUT2D eigenvalue weighted by Gasteiger charge is -2.06. The van der Waals surface area contributed by atoms with Gasteiger partial charge in [0.05, 0.1) is 12.0 Å². The van der Waals surface area contributed by atoms with Crippen LogP contribution in [0.5, 0.6) is 0 Å². The van der Waals surface area contributed by atoms with Crippen LogP contribution in [0.25, 0.3) is 5.69 Å². The third-order valence-electron chi connectivity index (χ3n) is 2.67. The Hall–Kier alpha value is -1.61. The molecule has 0 unspecified atom stereocenters. The van der Waals surface area contributed by atoms with Crippen molar-refractivity contribution in [2.45, 2.75) is 20.3 Å². The summed E-state index contributed by atoms with van der Waals surface area (Å²) in [5, 5.41) is 0. The Balaban J connectivity index is 2.35. The van der Waals surface area contributed by atoms with E-state index in [0.717, 1.165) is 12.1 Å². The highest BCUT2D eigenvalue weighted by atomic mass is 15.0. The quantitative estimate of drug-likeness (QED) is 0.851. The maximum Gasteiger partial charge on any atom is 0.0995 e. The summed E-state index contributed by atoms with van der Waals surface area (Å²) in [6, 6.07) is 6.42. The molecule has 0 saturated heterocycles. The lowest BCUT2D eigenvalue weighted by molar-refractivity contribution is 0.934. The fraction of sp³-hybridized carbons (Fsp3) is 0.308. The van der Waals surface area contributed by atoms with Crippen molar-refractivity contribution in [1.82, 2.24) is 9.55 Å². The Labute approximate surface area is 95.9 Å². The molecular formula is C13H17N3. The van der Waals surface area contributed by atoms with Gasteiger partial charge in [0.2, 0.25) is 0 Å². The zero-order chi connectivity index (χ0) is 11.5. The largest absolute Gasteiger partial charge is 0.330 e. The van der Waals surface area contributed by atoms with E-state index in [1.807, 2.05) is 12.5 Å². The van der Waals surface area contributed by atoms with E-state index in [4.69, 9.17) is 5.73 Å². The molecule has 3 heteroatoms. The molecule has 0 spiro atoms. The molecule has 2 aromatic rings. The van der Waals surface area contributed by atoms with Crippen LogP contribution in [0.2, 0.25) is 0 Å². The molecular weight excluding hydrogens is 198 g/mol. The van der Waals surface area contributed by atoms with E-state index in [9.17, 15) is 0 Å². The number of aromatic nitrogens is 2. The van der Waals surface area contributed by atoms with Crippen molar-refractivity contribution in [2.75, 3.05) is 6.54 Å². The first kappa shape index (κ1) is 10.9. The zero-order valence-corrected chi connectivity index (χ0v) is 9.77. The summed E-state index contributed by atoms with van der Waals surface area (Å²) in [6.07, 6.45) is 4.73. The lowest BCUT2D eigenvalue weighted by Crippen LogP contribution is -2.02. The zero-order valence-electron chi connectivity index (χ0n) is 9.77. The van der Waals surface area contributed by atoms with Crippen molar-refractivity contribution < 1.29 is 0 Å². The second kappa shape index (κ2) is 4.49. The van der Waals surface area contributed by atoms with Crippen molar-refractivity contribution in [3.63, 3.8) is 0 Å². The monoisotopic (exact) mass is 215 g/mol. The Morgan fingerprint density at radius 3 is 2.81 bits per heavy atom. The van der Waals surface area contributed by atoms with E-state index in [0.29, 0.717) is 6.54 Å². The minimum Gasteiger partial charge on any atom is -0.330 e. The fourth-order valence-corrected chi connectivity index (χ4v) is 1.87. The molecule has 0 aliphatic carbocycles. The minimum atomic E-state index is 0.643. The third kappa shape index (κ3) is 2.14. The van der Waals surface area contributed by atoms with Crippen molar-refractivity contribution in [3.05, 3.63) is 47.5 Å². The molecule has 1 aromatic carbocycles. The number of hydrogen-bond donors (Lipinski definition) is 1. The van der Waals surface area contributed by atoms with Gasteiger partial charge in [-0.3, -0.25) is 0 Å². The molecule has 3 nitrogen and oxygen atoms in total. The van der Waals surface area contributed by atoms with E-state index in [1.54, 1.807) is 0 Å². The average molecular weight is 215 g/mol. The van der Waals surface area contributed by atoms with E-state index >= 15 is 0 Å². The molecule has 1 aromatic heterocycles. The molecule has 2 N–H and O–H groups in total. The first-order valence-corrected chi connectivity index (χ1v) is 5.51. The summed E-state index contributed by atoms with van der Waals surface area (Å²) in [7, 11) is 0. The van der Waals surface area contributed by atoms with Crippen LogP contribution in [0.1, 0.15) is 16.8 Å². The number of nitrogens with zero attached hydrogens (tertiary/aromatic N) is 2. The normalized spacial score (nSPS) is 10.7. The van der Waals surface area contributed by atoms with Crippen LogP contribution in [0.4, 0.5) is 0 Å². The van der Waals surface area contributed by atoms with Crippen molar-refractivity contribution in [3.8, 4) is 5.69 Å². The molecule has 0 bridgehead atoms. The van der Waals surface area contributed by atoms with Gasteiger partial charge in [0.15, 0.2) is 0 Å². The number of rotatable bonds is 3. The highest BCUT2D eigenvalue weighted by Crippen LogP contribution is 2.15. The average Bonchev–Trinajstić information content (AvgIpc) is 2.67. The van der Waals surface area contributed by atoms with Crippen LogP contribution >= 0.6 is 0 Å². The fourth-order valence-electron chi connectivity index (χ4n) is 1.87. The van der Waals surface area contributed by atoms with E-state index in [-0.39, 0.29) is 0 Å². The summed E-state index contributed by atoms with van der Waals surface area (Å²) < 4.78 is 2.06. The molecule has 0 radical (unpaired) electrons. The lowest BCUT2D eigenvalue weighted by atomic mass is 10.1. The Morgan fingerprint density at radius 1 is 1.31 bits per heavy atom. The van der Waals surface area contributed by atoms with Gasteiger partial charge in [-0.05, 0) is 32.0 Å². The maximum absolute atomic E-state index is 5.51. The SMILES string of the molecule is Cc1ccc(-n2cnc(CCN)c2)c(C)c1. The van der Waals surface area contributed by atoms with Gasteiger partial charge in [0.25, 0.3) is 0 Å². The van der Waals surface area contributed by atoms with Gasteiger partial charge in [0.1, 0.15) is 0 Å². The first-order chi connectivity index (χ1) is 7.70. The van der Waals surface area contributed by atoms with Crippen LogP contribution in [-0.4, -0.2) is 16.1 Å². The van der Waals surface area contributed by atoms with Crippen LogP contribution in [-0.2, 0) is 6.42 Å². The molecule has 0 aliphatic rings. The predicted molar refractivity (Wildman–Crippen MR) is 65.8 cm³/mol. The number of aryl methyl sites for hydroxylation is 2. The molecule has 0 saturated carbocycles. The van der Waals surface area contributed by atoms with Crippen LogP contribution < -0.4 is 5.73 Å². The Morgan fingerprint density at radius 2 is 2.12 bits per heavy atom. The second-order valence-corrected chi connectivity index (χ2v) is 4.10. The molecule has 0 amide bonds. The van der Waals surface area contributed by atoms with Gasteiger partial charge in [-0.15, -0.1) is 0 Å². The van der Waals surface area contributed by atoms with E-state index in [2.05, 4.69) is 41.6 Å². The standard InChI is InChI=1S/C13H17N3/c1-10-3-4-13(11(2)7-10)16-8-12(5-6-14)15-9-16/h3-4,7-9H,5-6,14H2,1-2H3. The summed E-state index contributed by atoms with van der Waals surface area (Å²) in [5.74, 6) is 0.